The molecular weight excluding hydrogens is 200 g/mol. The van der Waals surface area contributed by atoms with Gasteiger partial charge in [0.25, 0.3) is 0 Å². The molecule has 0 bridgehead atoms. The van der Waals surface area contributed by atoms with Crippen molar-refractivity contribution in [3.05, 3.63) is 41.5 Å². The summed E-state index contributed by atoms with van der Waals surface area (Å²) in [7, 11) is 0. The molecule has 1 aromatic carbocycles. The fourth-order valence-corrected chi connectivity index (χ4v) is 1.45. The SMILES string of the molecule is Cc1ccccc1/C=C/CCC(C)C(=O)O. The van der Waals surface area contributed by atoms with E-state index < -0.39 is 5.97 Å². The van der Waals surface area contributed by atoms with Crippen molar-refractivity contribution in [2.75, 3.05) is 0 Å². The number of aliphatic carboxylic acids is 1. The van der Waals surface area contributed by atoms with E-state index in [0.29, 0.717) is 6.42 Å². The first kappa shape index (κ1) is 12.5. The summed E-state index contributed by atoms with van der Waals surface area (Å²) in [4.78, 5) is 10.6. The predicted molar refractivity (Wildman–Crippen MR) is 66.2 cm³/mol. The van der Waals surface area contributed by atoms with Crippen LogP contribution in [-0.2, 0) is 4.79 Å². The number of carboxylic acid groups (broad SMARTS) is 1. The molecule has 0 saturated carbocycles. The van der Waals surface area contributed by atoms with E-state index in [1.54, 1.807) is 6.92 Å². The zero-order valence-corrected chi connectivity index (χ0v) is 9.81. The third-order valence-corrected chi connectivity index (χ3v) is 2.67. The van der Waals surface area contributed by atoms with E-state index >= 15 is 0 Å². The Hall–Kier alpha value is -1.57. The summed E-state index contributed by atoms with van der Waals surface area (Å²) in [6, 6.07) is 8.15. The maximum atomic E-state index is 10.6. The summed E-state index contributed by atoms with van der Waals surface area (Å²) in [5, 5.41) is 8.72. The number of benzene rings is 1. The second-order valence-electron chi connectivity index (χ2n) is 4.08. The molecule has 0 spiro atoms. The quantitative estimate of drug-likeness (QED) is 0.821. The lowest BCUT2D eigenvalue weighted by atomic mass is 10.0. The lowest BCUT2D eigenvalue weighted by molar-refractivity contribution is -0.141. The van der Waals surface area contributed by atoms with Crippen LogP contribution >= 0.6 is 0 Å². The Morgan fingerprint density at radius 2 is 2.12 bits per heavy atom. The fourth-order valence-electron chi connectivity index (χ4n) is 1.45. The highest BCUT2D eigenvalue weighted by Crippen LogP contribution is 2.11. The minimum Gasteiger partial charge on any atom is -0.481 e. The van der Waals surface area contributed by atoms with Gasteiger partial charge in [-0.2, -0.15) is 0 Å². The summed E-state index contributed by atoms with van der Waals surface area (Å²) >= 11 is 0. The number of carbonyl (C=O) groups is 1. The smallest absolute Gasteiger partial charge is 0.306 e. The van der Waals surface area contributed by atoms with Crippen molar-refractivity contribution in [1.29, 1.82) is 0 Å². The van der Waals surface area contributed by atoms with Gasteiger partial charge in [-0.3, -0.25) is 4.79 Å². The monoisotopic (exact) mass is 218 g/mol. The summed E-state index contributed by atoms with van der Waals surface area (Å²) in [5.74, 6) is -0.981. The van der Waals surface area contributed by atoms with Crippen molar-refractivity contribution < 1.29 is 9.90 Å². The molecule has 1 unspecified atom stereocenters. The molecule has 0 aliphatic rings. The molecule has 0 aromatic heterocycles. The lowest BCUT2D eigenvalue weighted by Crippen LogP contribution is -2.08. The van der Waals surface area contributed by atoms with Crippen molar-refractivity contribution in [2.45, 2.75) is 26.7 Å². The maximum absolute atomic E-state index is 10.6. The summed E-state index contributed by atoms with van der Waals surface area (Å²) in [6.07, 6.45) is 5.60. The van der Waals surface area contributed by atoms with Crippen LogP contribution in [0.25, 0.3) is 6.08 Å². The van der Waals surface area contributed by atoms with E-state index in [1.165, 1.54) is 11.1 Å². The van der Waals surface area contributed by atoms with Gasteiger partial charge >= 0.3 is 5.97 Å². The lowest BCUT2D eigenvalue weighted by Gasteiger charge is -2.02. The van der Waals surface area contributed by atoms with Crippen LogP contribution in [0.5, 0.6) is 0 Å². The van der Waals surface area contributed by atoms with E-state index in [2.05, 4.69) is 25.1 Å². The average molecular weight is 218 g/mol. The third-order valence-electron chi connectivity index (χ3n) is 2.67. The molecule has 0 radical (unpaired) electrons. The first-order valence-corrected chi connectivity index (χ1v) is 5.56. The van der Waals surface area contributed by atoms with Gasteiger partial charge < -0.3 is 5.11 Å². The Morgan fingerprint density at radius 1 is 1.44 bits per heavy atom. The minimum absolute atomic E-state index is 0.262. The largest absolute Gasteiger partial charge is 0.481 e. The Balaban J connectivity index is 2.44. The molecule has 0 fully saturated rings. The van der Waals surface area contributed by atoms with Gasteiger partial charge in [0.2, 0.25) is 0 Å². The zero-order chi connectivity index (χ0) is 12.0. The zero-order valence-electron chi connectivity index (χ0n) is 9.81. The molecule has 0 heterocycles. The van der Waals surface area contributed by atoms with Crippen LogP contribution in [0.2, 0.25) is 0 Å². The van der Waals surface area contributed by atoms with Gasteiger partial charge in [-0.05, 0) is 30.9 Å². The van der Waals surface area contributed by atoms with Crippen LogP contribution in [-0.4, -0.2) is 11.1 Å². The van der Waals surface area contributed by atoms with Crippen molar-refractivity contribution in [3.8, 4) is 0 Å². The molecule has 1 atom stereocenters. The Labute approximate surface area is 96.6 Å². The fraction of sp³-hybridized carbons (Fsp3) is 0.357. The highest BCUT2D eigenvalue weighted by Gasteiger charge is 2.08. The topological polar surface area (TPSA) is 37.3 Å². The van der Waals surface area contributed by atoms with E-state index in [1.807, 2.05) is 18.2 Å². The number of carboxylic acids is 1. The first-order chi connectivity index (χ1) is 7.61. The number of allylic oxidation sites excluding steroid dienone is 1. The van der Waals surface area contributed by atoms with Crippen molar-refractivity contribution >= 4 is 12.0 Å². The average Bonchev–Trinajstić information content (AvgIpc) is 2.26. The third kappa shape index (κ3) is 3.89. The van der Waals surface area contributed by atoms with Crippen LogP contribution in [0.1, 0.15) is 30.9 Å². The predicted octanol–water partition coefficient (Wildman–Crippen LogP) is 3.51. The Bertz CT molecular complexity index is 380. The van der Waals surface area contributed by atoms with E-state index in [4.69, 9.17) is 5.11 Å². The summed E-state index contributed by atoms with van der Waals surface area (Å²) in [6.45, 7) is 3.81. The number of hydrogen-bond acceptors (Lipinski definition) is 1. The normalized spacial score (nSPS) is 12.9. The molecule has 1 rings (SSSR count). The van der Waals surface area contributed by atoms with Crippen LogP contribution < -0.4 is 0 Å². The van der Waals surface area contributed by atoms with Gasteiger partial charge in [0.05, 0.1) is 5.92 Å². The van der Waals surface area contributed by atoms with E-state index in [-0.39, 0.29) is 5.92 Å². The minimum atomic E-state index is -0.718. The van der Waals surface area contributed by atoms with Gasteiger partial charge in [0.1, 0.15) is 0 Å². The second-order valence-corrected chi connectivity index (χ2v) is 4.08. The molecule has 1 N–H and O–H groups in total. The van der Waals surface area contributed by atoms with Gasteiger partial charge in [0, 0.05) is 0 Å². The summed E-state index contributed by atoms with van der Waals surface area (Å²) in [5.41, 5.74) is 2.44. The highest BCUT2D eigenvalue weighted by molar-refractivity contribution is 5.69. The van der Waals surface area contributed by atoms with Crippen molar-refractivity contribution in [2.24, 2.45) is 5.92 Å². The van der Waals surface area contributed by atoms with Gasteiger partial charge in [0.15, 0.2) is 0 Å². The number of rotatable bonds is 5. The Kier molecular flexibility index (Phi) is 4.77. The molecular formula is C14H18O2. The Morgan fingerprint density at radius 3 is 2.75 bits per heavy atom. The van der Waals surface area contributed by atoms with Crippen LogP contribution in [0.3, 0.4) is 0 Å². The van der Waals surface area contributed by atoms with Gasteiger partial charge in [-0.1, -0.05) is 43.3 Å². The van der Waals surface area contributed by atoms with Gasteiger partial charge in [-0.25, -0.2) is 0 Å². The number of aryl methyl sites for hydroxylation is 1. The molecule has 2 nitrogen and oxygen atoms in total. The molecule has 0 saturated heterocycles. The van der Waals surface area contributed by atoms with E-state index in [0.717, 1.165) is 6.42 Å². The first-order valence-electron chi connectivity index (χ1n) is 5.56. The number of hydrogen-bond donors (Lipinski definition) is 1. The molecule has 16 heavy (non-hydrogen) atoms. The van der Waals surface area contributed by atoms with Crippen molar-refractivity contribution in [3.63, 3.8) is 0 Å². The maximum Gasteiger partial charge on any atom is 0.306 e. The van der Waals surface area contributed by atoms with Crippen LogP contribution in [0.4, 0.5) is 0 Å². The standard InChI is InChI=1S/C14H18O2/c1-11-7-3-5-9-13(11)10-6-4-8-12(2)14(15)16/h3,5-7,9-10,12H,4,8H2,1-2H3,(H,15,16)/b10-6+. The second kappa shape index (κ2) is 6.11. The molecule has 86 valence electrons. The van der Waals surface area contributed by atoms with Crippen LogP contribution in [0.15, 0.2) is 30.3 Å². The van der Waals surface area contributed by atoms with E-state index in [9.17, 15) is 4.79 Å². The van der Waals surface area contributed by atoms with Gasteiger partial charge in [-0.15, -0.1) is 0 Å². The highest BCUT2D eigenvalue weighted by atomic mass is 16.4. The summed E-state index contributed by atoms with van der Waals surface area (Å²) < 4.78 is 0. The van der Waals surface area contributed by atoms with Crippen molar-refractivity contribution in [1.82, 2.24) is 0 Å². The molecule has 0 amide bonds. The molecule has 1 aromatic rings. The van der Waals surface area contributed by atoms with Crippen LogP contribution in [0, 0.1) is 12.8 Å². The molecule has 0 aliphatic heterocycles. The molecule has 0 aliphatic carbocycles. The molecule has 2 heteroatoms.